The van der Waals surface area contributed by atoms with Crippen LogP contribution in [0.2, 0.25) is 0 Å². The third-order valence-electron chi connectivity index (χ3n) is 5.79. The van der Waals surface area contributed by atoms with E-state index in [4.69, 9.17) is 5.26 Å². The molecule has 0 bridgehead atoms. The fourth-order valence-corrected chi connectivity index (χ4v) is 4.44. The van der Waals surface area contributed by atoms with Crippen molar-refractivity contribution in [3.63, 3.8) is 0 Å². The van der Waals surface area contributed by atoms with Crippen LogP contribution < -0.4 is 9.80 Å². The second kappa shape index (κ2) is 7.69. The van der Waals surface area contributed by atoms with Crippen molar-refractivity contribution in [2.75, 3.05) is 9.80 Å². The number of anilines is 2. The number of hydrogen-bond acceptors (Lipinski definition) is 3. The van der Waals surface area contributed by atoms with Crippen molar-refractivity contribution in [1.82, 2.24) is 4.98 Å². The maximum absolute atomic E-state index is 13.5. The zero-order chi connectivity index (χ0) is 23.3. The third kappa shape index (κ3) is 3.74. The van der Waals surface area contributed by atoms with Crippen LogP contribution in [-0.4, -0.2) is 23.1 Å². The number of pyridine rings is 1. The number of carbonyl (C=O) groups excluding carboxylic acids is 1. The first-order valence-corrected chi connectivity index (χ1v) is 9.79. The molecule has 32 heavy (non-hydrogen) atoms. The van der Waals surface area contributed by atoms with Crippen molar-refractivity contribution in [1.29, 1.82) is 5.26 Å². The molecule has 1 saturated carbocycles. The number of amides is 2. The molecule has 0 radical (unpaired) electrons. The molecule has 0 spiro atoms. The molecule has 1 aromatic carbocycles. The Labute approximate surface area is 178 Å². The molecular weight excluding hydrogens is 438 g/mol. The number of benzene rings is 1. The van der Waals surface area contributed by atoms with Crippen LogP contribution >= 0.6 is 0 Å². The minimum Gasteiger partial charge on any atom is -0.289 e. The Morgan fingerprint density at radius 1 is 0.906 bits per heavy atom. The van der Waals surface area contributed by atoms with Gasteiger partial charge in [-0.25, -0.2) is 4.79 Å². The number of rotatable bonds is 2. The Hall–Kier alpha value is -3.29. The second-order valence-electron chi connectivity index (χ2n) is 7.68. The molecular formula is C21H16F6N4O. The van der Waals surface area contributed by atoms with Gasteiger partial charge in [-0.15, -0.1) is 0 Å². The van der Waals surface area contributed by atoms with E-state index < -0.39 is 47.3 Å². The Bertz CT molecular complexity index is 1090. The highest BCUT2D eigenvalue weighted by atomic mass is 19.4. The summed E-state index contributed by atoms with van der Waals surface area (Å²) in [6, 6.07) is 4.84. The van der Waals surface area contributed by atoms with E-state index >= 15 is 0 Å². The smallest absolute Gasteiger partial charge is 0.289 e. The van der Waals surface area contributed by atoms with Crippen LogP contribution in [0.4, 0.5) is 42.5 Å². The van der Waals surface area contributed by atoms with E-state index in [0.717, 1.165) is 37.2 Å². The minimum atomic E-state index is -4.80. The predicted molar refractivity (Wildman–Crippen MR) is 102 cm³/mol. The lowest BCUT2D eigenvalue weighted by Crippen LogP contribution is -2.40. The fraction of sp³-hybridized carbons (Fsp3) is 0.381. The highest BCUT2D eigenvalue weighted by Crippen LogP contribution is 2.42. The van der Waals surface area contributed by atoms with Gasteiger partial charge in [-0.1, -0.05) is 12.8 Å². The molecule has 2 amide bonds. The number of nitriles is 1. The summed E-state index contributed by atoms with van der Waals surface area (Å²) < 4.78 is 79.8. The highest BCUT2D eigenvalue weighted by molar-refractivity contribution is 6.07. The molecule has 0 unspecified atom stereocenters. The summed E-state index contributed by atoms with van der Waals surface area (Å²) in [5.74, 6) is 0. The van der Waals surface area contributed by atoms with E-state index in [-0.39, 0.29) is 11.4 Å². The average molecular weight is 454 g/mol. The van der Waals surface area contributed by atoms with Gasteiger partial charge >= 0.3 is 18.4 Å². The van der Waals surface area contributed by atoms with Crippen LogP contribution in [0.25, 0.3) is 0 Å². The number of nitrogens with zero attached hydrogens (tertiary/aromatic N) is 4. The standard InChI is InChI=1S/C21H16F6N4O/c22-20(23,24)15-9-13(6-5-12(15)11-28)30-16-3-1-2-4-17(16)31(19(30)32)14-7-8-29-18(10-14)21(25,26)27/h5-10,16-17H,1-4H2/t16-,17-/m0/s1. The lowest BCUT2D eigenvalue weighted by Gasteiger charge is -2.32. The Morgan fingerprint density at radius 2 is 1.50 bits per heavy atom. The van der Waals surface area contributed by atoms with Crippen molar-refractivity contribution in [2.45, 2.75) is 50.1 Å². The van der Waals surface area contributed by atoms with Crippen LogP contribution in [0, 0.1) is 11.3 Å². The fourth-order valence-electron chi connectivity index (χ4n) is 4.44. The summed E-state index contributed by atoms with van der Waals surface area (Å²) in [6.07, 6.45) is -6.11. The van der Waals surface area contributed by atoms with Gasteiger partial charge in [0, 0.05) is 17.6 Å². The quantitative estimate of drug-likeness (QED) is 0.543. The number of fused-ring (bicyclic) bond motifs is 1. The van der Waals surface area contributed by atoms with Crippen LogP contribution in [-0.2, 0) is 12.4 Å². The lowest BCUT2D eigenvalue weighted by molar-refractivity contribution is -0.141. The largest absolute Gasteiger partial charge is 0.433 e. The molecule has 2 atom stereocenters. The summed E-state index contributed by atoms with van der Waals surface area (Å²) >= 11 is 0. The SMILES string of the molecule is N#Cc1ccc(N2C(=O)N(c3ccnc(C(F)(F)F)c3)[C@H]3CCCC[C@@H]32)cc1C(F)(F)F. The molecule has 1 aliphatic heterocycles. The van der Waals surface area contributed by atoms with Crippen molar-refractivity contribution in [2.24, 2.45) is 0 Å². The van der Waals surface area contributed by atoms with E-state index in [2.05, 4.69) is 4.98 Å². The van der Waals surface area contributed by atoms with E-state index in [1.165, 1.54) is 28.0 Å². The van der Waals surface area contributed by atoms with Gasteiger partial charge in [0.05, 0.1) is 29.3 Å². The van der Waals surface area contributed by atoms with Gasteiger partial charge in [0.2, 0.25) is 0 Å². The van der Waals surface area contributed by atoms with Crippen LogP contribution in [0.15, 0.2) is 36.5 Å². The second-order valence-corrected chi connectivity index (χ2v) is 7.68. The molecule has 1 aliphatic carbocycles. The summed E-state index contributed by atoms with van der Waals surface area (Å²) in [6.45, 7) is 0. The number of halogens is 6. The molecule has 1 saturated heterocycles. The highest BCUT2D eigenvalue weighted by Gasteiger charge is 2.49. The van der Waals surface area contributed by atoms with Crippen molar-refractivity contribution in [3.05, 3.63) is 53.3 Å². The molecule has 2 fully saturated rings. The Balaban J connectivity index is 1.79. The summed E-state index contributed by atoms with van der Waals surface area (Å²) in [5.41, 5.74) is -2.97. The van der Waals surface area contributed by atoms with Crippen LogP contribution in [0.3, 0.4) is 0 Å². The first-order chi connectivity index (χ1) is 15.0. The number of alkyl halides is 6. The first-order valence-electron chi connectivity index (χ1n) is 9.79. The molecule has 5 nitrogen and oxygen atoms in total. The van der Waals surface area contributed by atoms with Gasteiger partial charge < -0.3 is 0 Å². The molecule has 4 rings (SSSR count). The first kappa shape index (κ1) is 21.9. The van der Waals surface area contributed by atoms with Crippen molar-refractivity contribution in [3.8, 4) is 6.07 Å². The number of carbonyl (C=O) groups is 1. The summed E-state index contributed by atoms with van der Waals surface area (Å²) in [4.78, 5) is 19.1. The zero-order valence-corrected chi connectivity index (χ0v) is 16.4. The maximum atomic E-state index is 13.5. The van der Waals surface area contributed by atoms with Gasteiger partial charge in [0.15, 0.2) is 0 Å². The molecule has 0 N–H and O–H groups in total. The molecule has 1 aromatic heterocycles. The van der Waals surface area contributed by atoms with Crippen molar-refractivity contribution < 1.29 is 31.1 Å². The van der Waals surface area contributed by atoms with Gasteiger partial charge in [0.1, 0.15) is 5.69 Å². The van der Waals surface area contributed by atoms with Gasteiger partial charge in [0.25, 0.3) is 0 Å². The number of urea groups is 1. The third-order valence-corrected chi connectivity index (χ3v) is 5.79. The van der Waals surface area contributed by atoms with E-state index in [0.29, 0.717) is 12.8 Å². The Kier molecular flexibility index (Phi) is 5.27. The predicted octanol–water partition coefficient (Wildman–Crippen LogP) is 5.75. The summed E-state index contributed by atoms with van der Waals surface area (Å²) in [5, 5.41) is 9.02. The minimum absolute atomic E-state index is 0.0126. The van der Waals surface area contributed by atoms with Crippen LogP contribution in [0.5, 0.6) is 0 Å². The Morgan fingerprint density at radius 3 is 2.03 bits per heavy atom. The average Bonchev–Trinajstić information content (AvgIpc) is 3.04. The molecule has 168 valence electrons. The number of hydrogen-bond donors (Lipinski definition) is 0. The van der Waals surface area contributed by atoms with Gasteiger partial charge in [-0.2, -0.15) is 31.6 Å². The van der Waals surface area contributed by atoms with Crippen molar-refractivity contribution >= 4 is 17.4 Å². The summed E-state index contributed by atoms with van der Waals surface area (Å²) in [7, 11) is 0. The van der Waals surface area contributed by atoms with E-state index in [1.807, 2.05) is 0 Å². The number of aromatic nitrogens is 1. The normalized spacial score (nSPS) is 21.5. The van der Waals surface area contributed by atoms with Gasteiger partial charge in [-0.3, -0.25) is 14.8 Å². The molecule has 2 heterocycles. The van der Waals surface area contributed by atoms with Gasteiger partial charge in [-0.05, 0) is 43.2 Å². The molecule has 2 aromatic rings. The zero-order valence-electron chi connectivity index (χ0n) is 16.4. The van der Waals surface area contributed by atoms with E-state index in [9.17, 15) is 31.1 Å². The van der Waals surface area contributed by atoms with Crippen LogP contribution in [0.1, 0.15) is 42.5 Å². The topological polar surface area (TPSA) is 60.2 Å². The molecule has 2 aliphatic rings. The monoisotopic (exact) mass is 454 g/mol. The molecule has 11 heteroatoms. The maximum Gasteiger partial charge on any atom is 0.433 e. The lowest BCUT2D eigenvalue weighted by atomic mass is 9.89. The van der Waals surface area contributed by atoms with E-state index in [1.54, 1.807) is 0 Å².